The van der Waals surface area contributed by atoms with E-state index in [1.165, 1.54) is 0 Å². The molecule has 1 rings (SSSR count). The van der Waals surface area contributed by atoms with Gasteiger partial charge >= 0.3 is 5.97 Å². The molecule has 1 aromatic carbocycles. The summed E-state index contributed by atoms with van der Waals surface area (Å²) in [5.74, 6) is -0.782. The molecule has 4 heteroatoms. The second kappa shape index (κ2) is 4.68. The number of aromatic hydroxyl groups is 1. The molecule has 15 heavy (non-hydrogen) atoms. The van der Waals surface area contributed by atoms with Gasteiger partial charge in [-0.25, -0.2) is 0 Å². The minimum atomic E-state index is -0.906. The summed E-state index contributed by atoms with van der Waals surface area (Å²) in [6.07, 6.45) is 0. The highest BCUT2D eigenvalue weighted by Crippen LogP contribution is 2.27. The summed E-state index contributed by atoms with van der Waals surface area (Å²) in [6, 6.07) is 5.20. The lowest BCUT2D eigenvalue weighted by Gasteiger charge is -2.21. The number of nitrogens with zero attached hydrogens (tertiary/aromatic N) is 1. The molecule has 0 amide bonds. The highest BCUT2D eigenvalue weighted by molar-refractivity contribution is 5.75. The van der Waals surface area contributed by atoms with Crippen LogP contribution in [0.15, 0.2) is 18.2 Å². The molecule has 0 atom stereocenters. The number of aryl methyl sites for hydroxylation is 1. The van der Waals surface area contributed by atoms with Gasteiger partial charge in [0.1, 0.15) is 12.3 Å². The van der Waals surface area contributed by atoms with Crippen molar-refractivity contribution < 1.29 is 15.0 Å². The number of carboxylic acid groups (broad SMARTS) is 1. The van der Waals surface area contributed by atoms with Crippen molar-refractivity contribution in [3.8, 4) is 5.75 Å². The zero-order valence-electron chi connectivity index (χ0n) is 8.90. The number of hydrogen-bond acceptors (Lipinski definition) is 3. The first-order valence-electron chi connectivity index (χ1n) is 4.81. The Hall–Kier alpha value is -1.71. The molecule has 2 N–H and O–H groups in total. The third kappa shape index (κ3) is 2.87. The first-order chi connectivity index (χ1) is 7.04. The number of hydrogen-bond donors (Lipinski definition) is 2. The maximum Gasteiger partial charge on any atom is 0.323 e. The van der Waals surface area contributed by atoms with Gasteiger partial charge in [0.15, 0.2) is 0 Å². The fraction of sp³-hybridized carbons (Fsp3) is 0.364. The van der Waals surface area contributed by atoms with Crippen LogP contribution < -0.4 is 4.90 Å². The summed E-state index contributed by atoms with van der Waals surface area (Å²) in [4.78, 5) is 12.2. The molecule has 0 saturated heterocycles. The molecule has 0 aliphatic rings. The van der Waals surface area contributed by atoms with Gasteiger partial charge in [0.2, 0.25) is 0 Å². The zero-order valence-corrected chi connectivity index (χ0v) is 8.90. The smallest absolute Gasteiger partial charge is 0.323 e. The fourth-order valence-electron chi connectivity index (χ4n) is 1.43. The third-order valence-electron chi connectivity index (χ3n) is 2.18. The van der Waals surface area contributed by atoms with Crippen molar-refractivity contribution >= 4 is 11.7 Å². The Kier molecular flexibility index (Phi) is 3.55. The predicted molar refractivity (Wildman–Crippen MR) is 58.4 cm³/mol. The SMILES string of the molecule is CCN(CC(=O)O)c1ccc(C)cc1O. The molecule has 0 aliphatic carbocycles. The van der Waals surface area contributed by atoms with E-state index in [1.54, 1.807) is 17.0 Å². The van der Waals surface area contributed by atoms with E-state index in [1.807, 2.05) is 19.9 Å². The lowest BCUT2D eigenvalue weighted by molar-refractivity contribution is -0.135. The average molecular weight is 209 g/mol. The number of carbonyl (C=O) groups is 1. The van der Waals surface area contributed by atoms with Crippen molar-refractivity contribution in [3.63, 3.8) is 0 Å². The first kappa shape index (κ1) is 11.4. The van der Waals surface area contributed by atoms with Crippen molar-refractivity contribution in [3.05, 3.63) is 23.8 Å². The van der Waals surface area contributed by atoms with E-state index < -0.39 is 5.97 Å². The minimum absolute atomic E-state index is 0.104. The lowest BCUT2D eigenvalue weighted by Crippen LogP contribution is -2.29. The second-order valence-electron chi connectivity index (χ2n) is 3.40. The second-order valence-corrected chi connectivity index (χ2v) is 3.40. The van der Waals surface area contributed by atoms with Gasteiger partial charge in [-0.3, -0.25) is 4.79 Å². The predicted octanol–water partition coefficient (Wildman–Crippen LogP) is 1.61. The summed E-state index contributed by atoms with van der Waals surface area (Å²) in [5, 5.41) is 18.4. The van der Waals surface area contributed by atoms with Crippen molar-refractivity contribution in [2.45, 2.75) is 13.8 Å². The average Bonchev–Trinajstić information content (AvgIpc) is 2.14. The molecular weight excluding hydrogens is 194 g/mol. The first-order valence-corrected chi connectivity index (χ1v) is 4.81. The molecule has 4 nitrogen and oxygen atoms in total. The van der Waals surface area contributed by atoms with Gasteiger partial charge in [-0.2, -0.15) is 0 Å². The normalized spacial score (nSPS) is 10.0. The summed E-state index contributed by atoms with van der Waals surface area (Å²) < 4.78 is 0. The molecule has 0 unspecified atom stereocenters. The van der Waals surface area contributed by atoms with E-state index >= 15 is 0 Å². The Morgan fingerprint density at radius 3 is 2.60 bits per heavy atom. The molecule has 82 valence electrons. The molecule has 0 bridgehead atoms. The number of benzene rings is 1. The molecule has 0 spiro atoms. The molecular formula is C11H15NO3. The van der Waals surface area contributed by atoms with E-state index in [2.05, 4.69) is 0 Å². The van der Waals surface area contributed by atoms with Crippen molar-refractivity contribution in [1.82, 2.24) is 0 Å². The van der Waals surface area contributed by atoms with Crippen LogP contribution in [-0.2, 0) is 4.79 Å². The highest BCUT2D eigenvalue weighted by atomic mass is 16.4. The summed E-state index contributed by atoms with van der Waals surface area (Å²) in [5.41, 5.74) is 1.51. The van der Waals surface area contributed by atoms with Crippen molar-refractivity contribution in [2.24, 2.45) is 0 Å². The van der Waals surface area contributed by atoms with Crippen LogP contribution in [-0.4, -0.2) is 29.3 Å². The third-order valence-corrected chi connectivity index (χ3v) is 2.18. The maximum atomic E-state index is 10.6. The van der Waals surface area contributed by atoms with E-state index in [4.69, 9.17) is 5.11 Å². The molecule has 1 aromatic rings. The number of phenolic OH excluding ortho intramolecular Hbond substituents is 1. The maximum absolute atomic E-state index is 10.6. The molecule has 0 aliphatic heterocycles. The Bertz CT molecular complexity index is 363. The minimum Gasteiger partial charge on any atom is -0.506 e. The van der Waals surface area contributed by atoms with Crippen LogP contribution >= 0.6 is 0 Å². The standard InChI is InChI=1S/C11H15NO3/c1-3-12(7-11(14)15)9-5-4-8(2)6-10(9)13/h4-6,13H,3,7H2,1-2H3,(H,14,15). The zero-order chi connectivity index (χ0) is 11.4. The van der Waals surface area contributed by atoms with Crippen LogP contribution in [0, 0.1) is 6.92 Å². The van der Waals surface area contributed by atoms with Crippen LogP contribution in [0.4, 0.5) is 5.69 Å². The molecule has 0 heterocycles. The Morgan fingerprint density at radius 2 is 2.13 bits per heavy atom. The lowest BCUT2D eigenvalue weighted by atomic mass is 10.2. The monoisotopic (exact) mass is 209 g/mol. The van der Waals surface area contributed by atoms with E-state index in [0.717, 1.165) is 5.56 Å². The molecule has 0 saturated carbocycles. The molecule has 0 fully saturated rings. The fourth-order valence-corrected chi connectivity index (χ4v) is 1.43. The summed E-state index contributed by atoms with van der Waals surface area (Å²) >= 11 is 0. The van der Waals surface area contributed by atoms with E-state index in [9.17, 15) is 9.90 Å². The molecule has 0 aromatic heterocycles. The summed E-state index contributed by atoms with van der Waals surface area (Å²) in [7, 11) is 0. The van der Waals surface area contributed by atoms with Gasteiger partial charge in [0, 0.05) is 6.54 Å². The van der Waals surface area contributed by atoms with Gasteiger partial charge in [-0.15, -0.1) is 0 Å². The number of anilines is 1. The number of likely N-dealkylation sites (N-methyl/N-ethyl adjacent to an activating group) is 1. The van der Waals surface area contributed by atoms with Crippen LogP contribution in [0.25, 0.3) is 0 Å². The van der Waals surface area contributed by atoms with Gasteiger partial charge in [-0.05, 0) is 31.5 Å². The number of phenols is 1. The van der Waals surface area contributed by atoms with Gasteiger partial charge in [-0.1, -0.05) is 6.07 Å². The van der Waals surface area contributed by atoms with Crippen molar-refractivity contribution in [1.29, 1.82) is 0 Å². The largest absolute Gasteiger partial charge is 0.506 e. The Labute approximate surface area is 88.8 Å². The van der Waals surface area contributed by atoms with Gasteiger partial charge < -0.3 is 15.1 Å². The van der Waals surface area contributed by atoms with Crippen LogP contribution in [0.3, 0.4) is 0 Å². The van der Waals surface area contributed by atoms with Crippen LogP contribution in [0.5, 0.6) is 5.75 Å². The van der Waals surface area contributed by atoms with Crippen molar-refractivity contribution in [2.75, 3.05) is 18.0 Å². The highest BCUT2D eigenvalue weighted by Gasteiger charge is 2.12. The number of aliphatic carboxylic acids is 1. The number of carboxylic acids is 1. The van der Waals surface area contributed by atoms with Gasteiger partial charge in [0.05, 0.1) is 5.69 Å². The van der Waals surface area contributed by atoms with Gasteiger partial charge in [0.25, 0.3) is 0 Å². The summed E-state index contributed by atoms with van der Waals surface area (Å²) in [6.45, 7) is 4.16. The van der Waals surface area contributed by atoms with E-state index in [-0.39, 0.29) is 12.3 Å². The van der Waals surface area contributed by atoms with E-state index in [0.29, 0.717) is 12.2 Å². The Balaban J connectivity index is 2.96. The number of rotatable bonds is 4. The molecule has 0 radical (unpaired) electrons. The Morgan fingerprint density at radius 1 is 1.47 bits per heavy atom. The van der Waals surface area contributed by atoms with Crippen LogP contribution in [0.2, 0.25) is 0 Å². The quantitative estimate of drug-likeness (QED) is 0.791. The van der Waals surface area contributed by atoms with Crippen LogP contribution in [0.1, 0.15) is 12.5 Å². The topological polar surface area (TPSA) is 60.8 Å².